The molecule has 6 heteroatoms. The Hall–Kier alpha value is -1.14. The van der Waals surface area contributed by atoms with Gasteiger partial charge in [-0.25, -0.2) is 18.1 Å². The van der Waals surface area contributed by atoms with Crippen LogP contribution in [0, 0.1) is 5.92 Å². The van der Waals surface area contributed by atoms with E-state index in [4.69, 9.17) is 0 Å². The molecule has 2 atom stereocenters. The number of rotatable bonds is 5. The summed E-state index contributed by atoms with van der Waals surface area (Å²) in [7, 11) is -3.40. The molecule has 1 heterocycles. The number of anilines is 1. The minimum Gasteiger partial charge on any atom is -0.370 e. The molecule has 0 amide bonds. The zero-order valence-electron chi connectivity index (χ0n) is 9.97. The van der Waals surface area contributed by atoms with Crippen molar-refractivity contribution in [1.82, 2.24) is 9.71 Å². The van der Waals surface area contributed by atoms with E-state index in [9.17, 15) is 8.42 Å². The predicted molar refractivity (Wildman–Crippen MR) is 66.3 cm³/mol. The highest BCUT2D eigenvalue weighted by molar-refractivity contribution is 7.89. The number of hydrogen-bond acceptors (Lipinski definition) is 4. The number of sulfonamides is 1. The Morgan fingerprint density at radius 3 is 2.65 bits per heavy atom. The van der Waals surface area contributed by atoms with E-state index in [1.54, 1.807) is 12.1 Å². The second-order valence-corrected chi connectivity index (χ2v) is 6.06. The van der Waals surface area contributed by atoms with Crippen molar-refractivity contribution >= 4 is 15.8 Å². The quantitative estimate of drug-likeness (QED) is 0.829. The van der Waals surface area contributed by atoms with Crippen molar-refractivity contribution < 1.29 is 8.42 Å². The summed E-state index contributed by atoms with van der Waals surface area (Å²) in [5, 5.41) is 3.02. The maximum absolute atomic E-state index is 11.9. The summed E-state index contributed by atoms with van der Waals surface area (Å²) in [5.41, 5.74) is 0. The molecule has 17 heavy (non-hydrogen) atoms. The number of nitrogens with zero attached hydrogens (tertiary/aromatic N) is 1. The SMILES string of the molecule is CCNc1ccc(S(=O)(=O)NC2CC2C)cn1. The third kappa shape index (κ3) is 2.95. The summed E-state index contributed by atoms with van der Waals surface area (Å²) in [6, 6.07) is 3.34. The molecule has 0 saturated heterocycles. The van der Waals surface area contributed by atoms with Crippen LogP contribution in [0.3, 0.4) is 0 Å². The van der Waals surface area contributed by atoms with E-state index in [0.717, 1.165) is 13.0 Å². The Bertz CT molecular complexity index is 484. The lowest BCUT2D eigenvalue weighted by Gasteiger charge is -2.06. The lowest BCUT2D eigenvalue weighted by Crippen LogP contribution is -2.26. The van der Waals surface area contributed by atoms with E-state index in [1.165, 1.54) is 6.20 Å². The van der Waals surface area contributed by atoms with Gasteiger partial charge in [-0.2, -0.15) is 0 Å². The zero-order valence-corrected chi connectivity index (χ0v) is 10.8. The van der Waals surface area contributed by atoms with Crippen molar-refractivity contribution in [2.24, 2.45) is 5.92 Å². The average Bonchev–Trinajstić information content (AvgIpc) is 2.94. The van der Waals surface area contributed by atoms with Crippen LogP contribution < -0.4 is 10.0 Å². The Labute approximate surface area is 102 Å². The first-order valence-corrected chi connectivity index (χ1v) is 7.23. The number of nitrogens with one attached hydrogen (secondary N) is 2. The minimum atomic E-state index is -3.40. The van der Waals surface area contributed by atoms with E-state index in [0.29, 0.717) is 11.7 Å². The van der Waals surface area contributed by atoms with E-state index in [2.05, 4.69) is 15.0 Å². The second kappa shape index (κ2) is 4.62. The summed E-state index contributed by atoms with van der Waals surface area (Å²) in [5.74, 6) is 1.13. The summed E-state index contributed by atoms with van der Waals surface area (Å²) in [6.07, 6.45) is 2.30. The molecule has 1 aliphatic rings. The first-order valence-electron chi connectivity index (χ1n) is 5.75. The lowest BCUT2D eigenvalue weighted by atomic mass is 10.4. The lowest BCUT2D eigenvalue weighted by molar-refractivity contribution is 0.578. The van der Waals surface area contributed by atoms with Crippen molar-refractivity contribution in [2.45, 2.75) is 31.2 Å². The Kier molecular flexibility index (Phi) is 3.35. The van der Waals surface area contributed by atoms with Crippen LogP contribution in [-0.4, -0.2) is 26.0 Å². The van der Waals surface area contributed by atoms with Crippen LogP contribution >= 0.6 is 0 Å². The van der Waals surface area contributed by atoms with Gasteiger partial charge in [0.05, 0.1) is 0 Å². The van der Waals surface area contributed by atoms with Gasteiger partial charge in [-0.05, 0) is 31.4 Å². The third-order valence-electron chi connectivity index (χ3n) is 2.82. The highest BCUT2D eigenvalue weighted by Gasteiger charge is 2.36. The topological polar surface area (TPSA) is 71.1 Å². The molecule has 94 valence electrons. The normalized spacial score (nSPS) is 23.4. The van der Waals surface area contributed by atoms with E-state index in [1.807, 2.05) is 13.8 Å². The minimum absolute atomic E-state index is 0.0912. The van der Waals surface area contributed by atoms with Gasteiger partial charge in [0, 0.05) is 18.8 Å². The van der Waals surface area contributed by atoms with Gasteiger partial charge in [-0.3, -0.25) is 0 Å². The molecule has 5 nitrogen and oxygen atoms in total. The van der Waals surface area contributed by atoms with Crippen molar-refractivity contribution in [3.8, 4) is 0 Å². The number of hydrogen-bond donors (Lipinski definition) is 2. The third-order valence-corrected chi connectivity index (χ3v) is 4.30. The number of pyridine rings is 1. The first-order chi connectivity index (χ1) is 8.03. The smallest absolute Gasteiger partial charge is 0.242 e. The fourth-order valence-corrected chi connectivity index (χ4v) is 2.88. The fraction of sp³-hybridized carbons (Fsp3) is 0.545. The first kappa shape index (κ1) is 12.3. The molecule has 1 aromatic heterocycles. The molecule has 0 aromatic carbocycles. The zero-order chi connectivity index (χ0) is 12.5. The molecule has 1 fully saturated rings. The standard InChI is InChI=1S/C11H17N3O2S/c1-3-12-11-5-4-9(7-13-11)17(15,16)14-10-6-8(10)2/h4-5,7-8,10,14H,3,6H2,1-2H3,(H,12,13). The fourth-order valence-electron chi connectivity index (χ4n) is 1.58. The molecule has 0 aliphatic heterocycles. The number of aromatic nitrogens is 1. The van der Waals surface area contributed by atoms with Crippen LogP contribution in [0.4, 0.5) is 5.82 Å². The van der Waals surface area contributed by atoms with Gasteiger partial charge in [0.25, 0.3) is 0 Å². The van der Waals surface area contributed by atoms with E-state index < -0.39 is 10.0 Å². The van der Waals surface area contributed by atoms with E-state index >= 15 is 0 Å². The highest BCUT2D eigenvalue weighted by atomic mass is 32.2. The van der Waals surface area contributed by atoms with Gasteiger partial charge in [-0.15, -0.1) is 0 Å². The largest absolute Gasteiger partial charge is 0.370 e. The molecular formula is C11H17N3O2S. The molecule has 0 bridgehead atoms. The molecule has 2 rings (SSSR count). The van der Waals surface area contributed by atoms with Gasteiger partial charge >= 0.3 is 0 Å². The van der Waals surface area contributed by atoms with E-state index in [-0.39, 0.29) is 10.9 Å². The van der Waals surface area contributed by atoms with Crippen LogP contribution in [0.1, 0.15) is 20.3 Å². The Morgan fingerprint density at radius 2 is 2.18 bits per heavy atom. The molecule has 0 radical (unpaired) electrons. The molecular weight excluding hydrogens is 238 g/mol. The summed E-state index contributed by atoms with van der Waals surface area (Å²) in [6.45, 7) is 4.75. The van der Waals surface area contributed by atoms with Crippen molar-refractivity contribution in [2.75, 3.05) is 11.9 Å². The summed E-state index contributed by atoms with van der Waals surface area (Å²) in [4.78, 5) is 4.27. The predicted octanol–water partition coefficient (Wildman–Crippen LogP) is 1.20. The van der Waals surface area contributed by atoms with Crippen LogP contribution in [0.25, 0.3) is 0 Å². The van der Waals surface area contributed by atoms with Crippen LogP contribution in [0.15, 0.2) is 23.2 Å². The summed E-state index contributed by atoms with van der Waals surface area (Å²) < 4.78 is 26.5. The van der Waals surface area contributed by atoms with Gasteiger partial charge in [0.15, 0.2) is 0 Å². The molecule has 0 spiro atoms. The van der Waals surface area contributed by atoms with Gasteiger partial charge in [0.1, 0.15) is 10.7 Å². The Balaban J connectivity index is 2.10. The molecule has 1 aliphatic carbocycles. The van der Waals surface area contributed by atoms with Crippen LogP contribution in [0.2, 0.25) is 0 Å². The van der Waals surface area contributed by atoms with Gasteiger partial charge < -0.3 is 5.32 Å². The van der Waals surface area contributed by atoms with Crippen LogP contribution in [-0.2, 0) is 10.0 Å². The summed E-state index contributed by atoms with van der Waals surface area (Å²) >= 11 is 0. The van der Waals surface area contributed by atoms with Crippen molar-refractivity contribution in [1.29, 1.82) is 0 Å². The van der Waals surface area contributed by atoms with Crippen LogP contribution in [0.5, 0.6) is 0 Å². The molecule has 1 aromatic rings. The average molecular weight is 255 g/mol. The molecule has 2 unspecified atom stereocenters. The second-order valence-electron chi connectivity index (χ2n) is 4.35. The molecule has 2 N–H and O–H groups in total. The van der Waals surface area contributed by atoms with Gasteiger partial charge in [0.2, 0.25) is 10.0 Å². The maximum atomic E-state index is 11.9. The van der Waals surface area contributed by atoms with Gasteiger partial charge in [-0.1, -0.05) is 6.92 Å². The maximum Gasteiger partial charge on any atom is 0.242 e. The van der Waals surface area contributed by atoms with Crippen molar-refractivity contribution in [3.63, 3.8) is 0 Å². The highest BCUT2D eigenvalue weighted by Crippen LogP contribution is 2.30. The molecule has 1 saturated carbocycles. The Morgan fingerprint density at radius 1 is 1.47 bits per heavy atom. The monoisotopic (exact) mass is 255 g/mol. The van der Waals surface area contributed by atoms with Crippen molar-refractivity contribution in [3.05, 3.63) is 18.3 Å².